The summed E-state index contributed by atoms with van der Waals surface area (Å²) in [5, 5.41) is 8.02. The molecule has 0 amide bonds. The lowest BCUT2D eigenvalue weighted by molar-refractivity contribution is -0.137. The molecule has 0 aliphatic carbocycles. The molecule has 0 unspecified atom stereocenters. The monoisotopic (exact) mass is 327 g/mol. The molecule has 0 bridgehead atoms. The van der Waals surface area contributed by atoms with E-state index in [0.717, 1.165) is 61.3 Å². The minimum atomic E-state index is -4.34. The average Bonchev–Trinajstić information content (AvgIpc) is 3.08. The van der Waals surface area contributed by atoms with Gasteiger partial charge in [-0.2, -0.15) is 13.2 Å². The molecule has 0 spiro atoms. The van der Waals surface area contributed by atoms with Gasteiger partial charge in [0.25, 0.3) is 0 Å². The molecule has 2 aliphatic heterocycles. The van der Waals surface area contributed by atoms with Crippen LogP contribution in [0.1, 0.15) is 36.4 Å². The summed E-state index contributed by atoms with van der Waals surface area (Å²) in [5.74, 6) is 0. The molecule has 4 rings (SSSR count). The van der Waals surface area contributed by atoms with Gasteiger partial charge in [0.1, 0.15) is 0 Å². The second-order valence-electron chi connectivity index (χ2n) is 6.02. The van der Waals surface area contributed by atoms with Gasteiger partial charge in [-0.3, -0.25) is 10.3 Å². The molecule has 1 atom stereocenters. The van der Waals surface area contributed by atoms with Gasteiger partial charge in [0.15, 0.2) is 4.80 Å². The van der Waals surface area contributed by atoms with Gasteiger partial charge in [-0.15, -0.1) is 0 Å². The van der Waals surface area contributed by atoms with Crippen LogP contribution in [0.4, 0.5) is 13.2 Å². The van der Waals surface area contributed by atoms with E-state index in [1.807, 2.05) is 4.57 Å². The van der Waals surface area contributed by atoms with E-state index in [0.29, 0.717) is 9.50 Å². The first-order valence-corrected chi connectivity index (χ1v) is 8.30. The zero-order valence-corrected chi connectivity index (χ0v) is 12.7. The number of hydrogen-bond donors (Lipinski definition) is 1. The van der Waals surface area contributed by atoms with Crippen LogP contribution in [-0.2, 0) is 12.7 Å². The van der Waals surface area contributed by atoms with Crippen molar-refractivity contribution >= 4 is 21.6 Å². The predicted octanol–water partition coefficient (Wildman–Crippen LogP) is 3.74. The summed E-state index contributed by atoms with van der Waals surface area (Å²) in [6.45, 7) is 2.64. The summed E-state index contributed by atoms with van der Waals surface area (Å²) in [7, 11) is 0. The smallest absolute Gasteiger partial charge is 0.317 e. The van der Waals surface area contributed by atoms with E-state index in [9.17, 15) is 13.2 Å². The number of aryl methyl sites for hydroxylation is 1. The summed E-state index contributed by atoms with van der Waals surface area (Å²) in [6.07, 6.45) is -1.32. The fourth-order valence-corrected chi connectivity index (χ4v) is 4.74. The maximum atomic E-state index is 13.2. The van der Waals surface area contributed by atoms with E-state index < -0.39 is 11.7 Å². The molecule has 1 aromatic carbocycles. The number of halogens is 3. The number of likely N-dealkylation sites (tertiary alicyclic amines) is 1. The van der Waals surface area contributed by atoms with E-state index in [1.54, 1.807) is 0 Å². The summed E-state index contributed by atoms with van der Waals surface area (Å²) in [5.41, 5.74) is 1.01. The van der Waals surface area contributed by atoms with E-state index in [4.69, 9.17) is 5.41 Å². The molecule has 1 fully saturated rings. The summed E-state index contributed by atoms with van der Waals surface area (Å²) in [4.78, 5) is 2.65. The molecule has 1 aromatic heterocycles. The molecule has 118 valence electrons. The fraction of sp³-hybridized carbons (Fsp3) is 0.533. The van der Waals surface area contributed by atoms with E-state index in [2.05, 4.69) is 4.90 Å². The Morgan fingerprint density at radius 2 is 1.86 bits per heavy atom. The molecule has 2 aromatic rings. The largest absolute Gasteiger partial charge is 0.416 e. The minimum Gasteiger partial charge on any atom is -0.317 e. The van der Waals surface area contributed by atoms with Crippen molar-refractivity contribution in [1.29, 1.82) is 5.41 Å². The van der Waals surface area contributed by atoms with Crippen LogP contribution >= 0.6 is 11.3 Å². The third-order valence-electron chi connectivity index (χ3n) is 4.72. The fourth-order valence-electron chi connectivity index (χ4n) is 3.73. The van der Waals surface area contributed by atoms with Gasteiger partial charge in [0, 0.05) is 12.6 Å². The Bertz CT molecular complexity index is 784. The number of nitrogens with zero attached hydrogens (tertiary/aromatic N) is 2. The van der Waals surface area contributed by atoms with Crippen LogP contribution < -0.4 is 4.80 Å². The lowest BCUT2D eigenvalue weighted by atomic mass is 9.95. The Kier molecular flexibility index (Phi) is 3.13. The molecule has 22 heavy (non-hydrogen) atoms. The van der Waals surface area contributed by atoms with Crippen molar-refractivity contribution in [2.45, 2.75) is 38.0 Å². The van der Waals surface area contributed by atoms with Crippen molar-refractivity contribution in [3.05, 3.63) is 28.1 Å². The second-order valence-corrected chi connectivity index (χ2v) is 7.05. The van der Waals surface area contributed by atoms with Gasteiger partial charge >= 0.3 is 6.18 Å². The van der Waals surface area contributed by atoms with Gasteiger partial charge in [-0.05, 0) is 50.0 Å². The van der Waals surface area contributed by atoms with Crippen molar-refractivity contribution < 1.29 is 13.2 Å². The number of alkyl halides is 3. The number of benzene rings is 1. The highest BCUT2D eigenvalue weighted by atomic mass is 32.1. The zero-order chi connectivity index (χ0) is 15.5. The molecular formula is C15H16F3N3S. The Morgan fingerprint density at radius 1 is 1.14 bits per heavy atom. The number of aromatic nitrogens is 1. The number of rotatable bonds is 1. The third-order valence-corrected chi connectivity index (χ3v) is 5.66. The van der Waals surface area contributed by atoms with Crippen molar-refractivity contribution in [3.63, 3.8) is 0 Å². The molecule has 0 radical (unpaired) electrons. The minimum absolute atomic E-state index is 0.0568. The van der Waals surface area contributed by atoms with Crippen LogP contribution in [0.3, 0.4) is 0 Å². The quantitative estimate of drug-likeness (QED) is 0.850. The summed E-state index contributed by atoms with van der Waals surface area (Å²) < 4.78 is 42.0. The van der Waals surface area contributed by atoms with Gasteiger partial charge in [0.2, 0.25) is 0 Å². The highest BCUT2D eigenvalue weighted by molar-refractivity contribution is 7.16. The number of nitrogens with one attached hydrogen (secondary N) is 1. The van der Waals surface area contributed by atoms with Gasteiger partial charge < -0.3 is 4.57 Å². The number of hydrogen-bond acceptors (Lipinski definition) is 3. The first kappa shape index (κ1) is 14.3. The van der Waals surface area contributed by atoms with E-state index in [1.165, 1.54) is 12.1 Å². The van der Waals surface area contributed by atoms with Crippen LogP contribution in [0.15, 0.2) is 12.1 Å². The molecule has 1 saturated heterocycles. The molecule has 3 heterocycles. The Hall–Kier alpha value is -1.34. The highest BCUT2D eigenvalue weighted by Gasteiger charge is 2.36. The van der Waals surface area contributed by atoms with Crippen molar-refractivity contribution in [1.82, 2.24) is 9.47 Å². The standard InChI is InChI=1S/C15H16F3N3S/c16-15(17,18)9-7-10-11(20-4-1-2-5-20)3-6-21-13(10)12(8-9)22-14(21)19/h7-8,11,19H,1-6H2/t11-/m1/s1. The Balaban J connectivity index is 1.95. The van der Waals surface area contributed by atoms with Crippen molar-refractivity contribution in [3.8, 4) is 0 Å². The predicted molar refractivity (Wildman–Crippen MR) is 78.8 cm³/mol. The van der Waals surface area contributed by atoms with E-state index >= 15 is 0 Å². The lowest BCUT2D eigenvalue weighted by Gasteiger charge is -2.32. The average molecular weight is 327 g/mol. The molecular weight excluding hydrogens is 311 g/mol. The first-order valence-electron chi connectivity index (χ1n) is 7.48. The molecule has 0 saturated carbocycles. The molecule has 3 nitrogen and oxygen atoms in total. The topological polar surface area (TPSA) is 32.0 Å². The molecule has 7 heteroatoms. The normalized spacial score (nSPS) is 22.6. The molecule has 2 aliphatic rings. The summed E-state index contributed by atoms with van der Waals surface area (Å²) >= 11 is 1.14. The van der Waals surface area contributed by atoms with Crippen LogP contribution in [0.25, 0.3) is 10.2 Å². The second kappa shape index (κ2) is 4.83. The van der Waals surface area contributed by atoms with Gasteiger partial charge in [-0.1, -0.05) is 11.3 Å². The van der Waals surface area contributed by atoms with Crippen molar-refractivity contribution in [2.75, 3.05) is 13.1 Å². The lowest BCUT2D eigenvalue weighted by Crippen LogP contribution is -2.31. The van der Waals surface area contributed by atoms with Crippen LogP contribution in [-0.4, -0.2) is 22.6 Å². The van der Waals surface area contributed by atoms with Crippen molar-refractivity contribution in [2.24, 2.45) is 0 Å². The first-order chi connectivity index (χ1) is 10.4. The SMILES string of the molecule is N=c1sc2cc(C(F)(F)F)cc3c2n1CC[C@H]3N1CCCC1. The maximum absolute atomic E-state index is 13.2. The Labute approximate surface area is 129 Å². The Morgan fingerprint density at radius 3 is 2.55 bits per heavy atom. The summed E-state index contributed by atoms with van der Waals surface area (Å²) in [6, 6.07) is 2.57. The molecule has 1 N–H and O–H groups in total. The zero-order valence-electron chi connectivity index (χ0n) is 11.9. The number of thiazole rings is 1. The van der Waals surface area contributed by atoms with Crippen LogP contribution in [0.2, 0.25) is 0 Å². The maximum Gasteiger partial charge on any atom is 0.416 e. The van der Waals surface area contributed by atoms with Gasteiger partial charge in [-0.25, -0.2) is 0 Å². The third kappa shape index (κ3) is 2.10. The van der Waals surface area contributed by atoms with Gasteiger partial charge in [0.05, 0.1) is 15.8 Å². The van der Waals surface area contributed by atoms with E-state index in [-0.39, 0.29) is 6.04 Å². The van der Waals surface area contributed by atoms with Crippen LogP contribution in [0, 0.1) is 5.41 Å². The van der Waals surface area contributed by atoms with Crippen LogP contribution in [0.5, 0.6) is 0 Å². The highest BCUT2D eigenvalue weighted by Crippen LogP contribution is 2.41.